The van der Waals surface area contributed by atoms with E-state index in [1.807, 2.05) is 38.8 Å². The predicted octanol–water partition coefficient (Wildman–Crippen LogP) is 1.19. The minimum absolute atomic E-state index is 0.133. The van der Waals surface area contributed by atoms with E-state index >= 15 is 0 Å². The van der Waals surface area contributed by atoms with E-state index in [9.17, 15) is 4.79 Å². The van der Waals surface area contributed by atoms with Crippen LogP contribution in [-0.4, -0.2) is 52.0 Å². The van der Waals surface area contributed by atoms with Crippen molar-refractivity contribution in [2.75, 3.05) is 13.1 Å². The Labute approximate surface area is 138 Å². The zero-order valence-corrected chi connectivity index (χ0v) is 14.5. The van der Waals surface area contributed by atoms with Gasteiger partial charge in [-0.3, -0.25) is 9.48 Å². The molecule has 0 aliphatic carbocycles. The van der Waals surface area contributed by atoms with Gasteiger partial charge in [-0.2, -0.15) is 5.10 Å². The molecule has 3 rings (SSSR count). The number of hydrogen-bond donors (Lipinski definition) is 0. The summed E-state index contributed by atoms with van der Waals surface area (Å²) in [5.41, 5.74) is 0.113. The molecule has 1 aromatic rings. The monoisotopic (exact) mass is 319 g/mol. The molecule has 0 N–H and O–H groups in total. The van der Waals surface area contributed by atoms with Crippen LogP contribution in [0, 0.1) is 0 Å². The molecular formula is C16H26BN3O3. The Morgan fingerprint density at radius 1 is 1.17 bits per heavy atom. The van der Waals surface area contributed by atoms with Crippen LogP contribution in [0.3, 0.4) is 0 Å². The maximum absolute atomic E-state index is 12.3. The zero-order chi connectivity index (χ0) is 16.7. The van der Waals surface area contributed by atoms with Gasteiger partial charge in [0.15, 0.2) is 0 Å². The first-order valence-electron chi connectivity index (χ1n) is 8.44. The highest BCUT2D eigenvalue weighted by molar-refractivity contribution is 6.62. The largest absolute Gasteiger partial charge is 0.498 e. The van der Waals surface area contributed by atoms with E-state index in [1.165, 1.54) is 6.42 Å². The van der Waals surface area contributed by atoms with E-state index in [1.54, 1.807) is 10.9 Å². The van der Waals surface area contributed by atoms with Gasteiger partial charge in [-0.25, -0.2) is 0 Å². The van der Waals surface area contributed by atoms with Crippen LogP contribution in [0.15, 0.2) is 12.4 Å². The molecule has 2 aliphatic heterocycles. The lowest BCUT2D eigenvalue weighted by Crippen LogP contribution is -2.41. The van der Waals surface area contributed by atoms with Crippen LogP contribution in [0.1, 0.15) is 47.0 Å². The van der Waals surface area contributed by atoms with Crippen LogP contribution in [0.5, 0.6) is 0 Å². The van der Waals surface area contributed by atoms with Gasteiger partial charge in [0.05, 0.1) is 11.2 Å². The summed E-state index contributed by atoms with van der Waals surface area (Å²) in [5, 5.41) is 4.30. The van der Waals surface area contributed by atoms with Crippen molar-refractivity contribution in [2.24, 2.45) is 0 Å². The van der Waals surface area contributed by atoms with Crippen molar-refractivity contribution in [3.63, 3.8) is 0 Å². The van der Waals surface area contributed by atoms with Crippen LogP contribution in [0.25, 0.3) is 0 Å². The standard InChI is InChI=1S/C16H26BN3O3/c1-15(2)16(3,4)23-17(22-15)13-10-18-20(11-13)12-14(21)19-8-6-5-7-9-19/h10-11H,5-9,12H2,1-4H3. The molecule has 0 radical (unpaired) electrons. The average Bonchev–Trinajstić information content (AvgIpc) is 3.03. The highest BCUT2D eigenvalue weighted by atomic mass is 16.7. The molecule has 0 saturated carbocycles. The molecule has 0 atom stereocenters. The van der Waals surface area contributed by atoms with Gasteiger partial charge >= 0.3 is 7.12 Å². The van der Waals surface area contributed by atoms with E-state index in [-0.39, 0.29) is 23.7 Å². The molecule has 0 aromatic carbocycles. The number of likely N-dealkylation sites (tertiary alicyclic amines) is 1. The van der Waals surface area contributed by atoms with Gasteiger partial charge in [0.2, 0.25) is 5.91 Å². The van der Waals surface area contributed by atoms with E-state index in [4.69, 9.17) is 9.31 Å². The third kappa shape index (κ3) is 3.31. The minimum Gasteiger partial charge on any atom is -0.399 e. The van der Waals surface area contributed by atoms with Crippen LogP contribution in [0.4, 0.5) is 0 Å². The quantitative estimate of drug-likeness (QED) is 0.786. The summed E-state index contributed by atoms with van der Waals surface area (Å²) in [6.07, 6.45) is 7.00. The molecule has 7 heteroatoms. The van der Waals surface area contributed by atoms with Gasteiger partial charge < -0.3 is 14.2 Å². The summed E-state index contributed by atoms with van der Waals surface area (Å²) in [4.78, 5) is 14.2. The van der Waals surface area contributed by atoms with Crippen molar-refractivity contribution in [1.82, 2.24) is 14.7 Å². The maximum atomic E-state index is 12.3. The second kappa shape index (κ2) is 5.94. The van der Waals surface area contributed by atoms with Crippen molar-refractivity contribution in [2.45, 2.75) is 64.7 Å². The van der Waals surface area contributed by atoms with Crippen LogP contribution < -0.4 is 5.46 Å². The van der Waals surface area contributed by atoms with Crippen molar-refractivity contribution >= 4 is 18.5 Å². The van der Waals surface area contributed by atoms with Gasteiger partial charge in [-0.05, 0) is 47.0 Å². The molecule has 2 saturated heterocycles. The Balaban J connectivity index is 1.63. The fourth-order valence-corrected chi connectivity index (χ4v) is 2.95. The first-order valence-corrected chi connectivity index (χ1v) is 8.44. The Bertz CT molecular complexity index is 563. The van der Waals surface area contributed by atoms with Gasteiger partial charge in [-0.15, -0.1) is 0 Å². The second-order valence-electron chi connectivity index (χ2n) is 7.50. The van der Waals surface area contributed by atoms with E-state index in [0.29, 0.717) is 0 Å². The summed E-state index contributed by atoms with van der Waals surface area (Å²) >= 11 is 0. The summed E-state index contributed by atoms with van der Waals surface area (Å²) < 4.78 is 13.7. The van der Waals surface area contributed by atoms with E-state index in [2.05, 4.69) is 5.10 Å². The number of nitrogens with zero attached hydrogens (tertiary/aromatic N) is 3. The number of piperidine rings is 1. The molecule has 23 heavy (non-hydrogen) atoms. The lowest BCUT2D eigenvalue weighted by molar-refractivity contribution is -0.132. The summed E-state index contributed by atoms with van der Waals surface area (Å²) in [5.74, 6) is 0.133. The number of aromatic nitrogens is 2. The molecule has 1 amide bonds. The molecule has 0 bridgehead atoms. The SMILES string of the molecule is CC1(C)OB(c2cnn(CC(=O)N3CCCCC3)c2)OC1(C)C. The Kier molecular flexibility index (Phi) is 4.27. The van der Waals surface area contributed by atoms with Gasteiger partial charge in [-0.1, -0.05) is 0 Å². The molecular weight excluding hydrogens is 293 g/mol. The minimum atomic E-state index is -0.432. The number of hydrogen-bond acceptors (Lipinski definition) is 4. The Hall–Kier alpha value is -1.34. The molecule has 1 aromatic heterocycles. The van der Waals surface area contributed by atoms with Crippen molar-refractivity contribution in [3.05, 3.63) is 12.4 Å². The van der Waals surface area contributed by atoms with Crippen LogP contribution >= 0.6 is 0 Å². The smallest absolute Gasteiger partial charge is 0.399 e. The summed E-state index contributed by atoms with van der Waals surface area (Å²) in [6.45, 7) is 10.1. The van der Waals surface area contributed by atoms with Crippen LogP contribution in [-0.2, 0) is 20.6 Å². The first kappa shape index (κ1) is 16.5. The van der Waals surface area contributed by atoms with Crippen molar-refractivity contribution in [3.8, 4) is 0 Å². The summed E-state index contributed by atoms with van der Waals surface area (Å²) in [7, 11) is -0.432. The number of rotatable bonds is 3. The highest BCUT2D eigenvalue weighted by Gasteiger charge is 2.52. The van der Waals surface area contributed by atoms with E-state index in [0.717, 1.165) is 31.4 Å². The van der Waals surface area contributed by atoms with E-state index < -0.39 is 7.12 Å². The molecule has 0 unspecified atom stereocenters. The van der Waals surface area contributed by atoms with Crippen LogP contribution in [0.2, 0.25) is 0 Å². The number of amides is 1. The molecule has 126 valence electrons. The average molecular weight is 319 g/mol. The molecule has 3 heterocycles. The van der Waals surface area contributed by atoms with Crippen molar-refractivity contribution < 1.29 is 14.1 Å². The lowest BCUT2D eigenvalue weighted by Gasteiger charge is -2.32. The summed E-state index contributed by atoms with van der Waals surface area (Å²) in [6, 6.07) is 0. The molecule has 0 spiro atoms. The van der Waals surface area contributed by atoms with Gasteiger partial charge in [0, 0.05) is 30.9 Å². The first-order chi connectivity index (χ1) is 10.8. The fourth-order valence-electron chi connectivity index (χ4n) is 2.95. The number of carbonyl (C=O) groups is 1. The Morgan fingerprint density at radius 2 is 1.78 bits per heavy atom. The molecule has 2 fully saturated rings. The topological polar surface area (TPSA) is 56.6 Å². The highest BCUT2D eigenvalue weighted by Crippen LogP contribution is 2.36. The lowest BCUT2D eigenvalue weighted by atomic mass is 9.82. The third-order valence-electron chi connectivity index (χ3n) is 5.18. The molecule has 2 aliphatic rings. The second-order valence-corrected chi connectivity index (χ2v) is 7.50. The Morgan fingerprint density at radius 3 is 2.39 bits per heavy atom. The fraction of sp³-hybridized carbons (Fsp3) is 0.750. The molecule has 6 nitrogen and oxygen atoms in total. The zero-order valence-electron chi connectivity index (χ0n) is 14.5. The van der Waals surface area contributed by atoms with Gasteiger partial charge in [0.25, 0.3) is 0 Å². The maximum Gasteiger partial charge on any atom is 0.498 e. The third-order valence-corrected chi connectivity index (χ3v) is 5.18. The normalized spacial score (nSPS) is 23.3. The van der Waals surface area contributed by atoms with Crippen molar-refractivity contribution in [1.29, 1.82) is 0 Å². The number of carbonyl (C=O) groups excluding carboxylic acids is 1. The predicted molar refractivity (Wildman–Crippen MR) is 88.4 cm³/mol. The van der Waals surface area contributed by atoms with Gasteiger partial charge in [0.1, 0.15) is 6.54 Å².